The molecular formula is C14H16N2O2. The first-order valence-corrected chi connectivity index (χ1v) is 5.76. The van der Waals surface area contributed by atoms with Crippen molar-refractivity contribution in [2.75, 3.05) is 7.05 Å². The lowest BCUT2D eigenvalue weighted by Crippen LogP contribution is -2.25. The molecule has 0 aliphatic rings. The SMILES string of the molecule is CN(Cc1ccoc1)C(=O)c1ccc(CN)cc1. The summed E-state index contributed by atoms with van der Waals surface area (Å²) in [6.45, 7) is 1.02. The lowest BCUT2D eigenvalue weighted by atomic mass is 10.1. The zero-order chi connectivity index (χ0) is 13.0. The van der Waals surface area contributed by atoms with E-state index in [2.05, 4.69) is 0 Å². The van der Waals surface area contributed by atoms with Crippen molar-refractivity contribution in [1.82, 2.24) is 4.90 Å². The van der Waals surface area contributed by atoms with Crippen molar-refractivity contribution in [2.45, 2.75) is 13.1 Å². The molecule has 2 aromatic rings. The maximum Gasteiger partial charge on any atom is 0.253 e. The van der Waals surface area contributed by atoms with E-state index in [-0.39, 0.29) is 5.91 Å². The lowest BCUT2D eigenvalue weighted by molar-refractivity contribution is 0.0785. The molecular weight excluding hydrogens is 228 g/mol. The number of hydrogen-bond acceptors (Lipinski definition) is 3. The van der Waals surface area contributed by atoms with E-state index in [4.69, 9.17) is 10.2 Å². The van der Waals surface area contributed by atoms with Crippen LogP contribution in [0.3, 0.4) is 0 Å². The highest BCUT2D eigenvalue weighted by molar-refractivity contribution is 5.94. The van der Waals surface area contributed by atoms with Gasteiger partial charge in [-0.05, 0) is 23.8 Å². The first-order chi connectivity index (χ1) is 8.70. The van der Waals surface area contributed by atoms with Gasteiger partial charge in [0.15, 0.2) is 0 Å². The molecule has 1 heterocycles. The highest BCUT2D eigenvalue weighted by atomic mass is 16.3. The van der Waals surface area contributed by atoms with Crippen molar-refractivity contribution in [1.29, 1.82) is 0 Å². The van der Waals surface area contributed by atoms with Crippen LogP contribution in [0.2, 0.25) is 0 Å². The lowest BCUT2D eigenvalue weighted by Gasteiger charge is -2.16. The smallest absolute Gasteiger partial charge is 0.253 e. The number of carbonyl (C=O) groups is 1. The summed E-state index contributed by atoms with van der Waals surface area (Å²) in [5.74, 6) is -0.0141. The number of amides is 1. The van der Waals surface area contributed by atoms with E-state index in [1.165, 1.54) is 0 Å². The summed E-state index contributed by atoms with van der Waals surface area (Å²) in [5, 5.41) is 0. The van der Waals surface area contributed by atoms with Crippen molar-refractivity contribution in [3.63, 3.8) is 0 Å². The minimum atomic E-state index is -0.0141. The number of rotatable bonds is 4. The fraction of sp³-hybridized carbons (Fsp3) is 0.214. The Bertz CT molecular complexity index is 503. The molecule has 4 nitrogen and oxygen atoms in total. The predicted octanol–water partition coefficient (Wildman–Crippen LogP) is 2.01. The molecule has 2 rings (SSSR count). The largest absolute Gasteiger partial charge is 0.472 e. The van der Waals surface area contributed by atoms with E-state index >= 15 is 0 Å². The average Bonchev–Trinajstić information content (AvgIpc) is 2.91. The van der Waals surface area contributed by atoms with Crippen molar-refractivity contribution in [3.05, 3.63) is 59.5 Å². The van der Waals surface area contributed by atoms with Crippen LogP contribution in [0.1, 0.15) is 21.5 Å². The number of benzene rings is 1. The van der Waals surface area contributed by atoms with Gasteiger partial charge in [0.25, 0.3) is 5.91 Å². The van der Waals surface area contributed by atoms with Gasteiger partial charge in [0, 0.05) is 31.3 Å². The number of nitrogens with zero attached hydrogens (tertiary/aromatic N) is 1. The number of nitrogens with two attached hydrogens (primary N) is 1. The fourth-order valence-electron chi connectivity index (χ4n) is 1.73. The molecule has 2 N–H and O–H groups in total. The van der Waals surface area contributed by atoms with E-state index in [1.807, 2.05) is 18.2 Å². The number of carbonyl (C=O) groups excluding carboxylic acids is 1. The molecule has 1 amide bonds. The topological polar surface area (TPSA) is 59.5 Å². The minimum absolute atomic E-state index is 0.0141. The molecule has 94 valence electrons. The van der Waals surface area contributed by atoms with Crippen molar-refractivity contribution >= 4 is 5.91 Å². The van der Waals surface area contributed by atoms with Gasteiger partial charge in [-0.2, -0.15) is 0 Å². The molecule has 18 heavy (non-hydrogen) atoms. The van der Waals surface area contributed by atoms with Gasteiger partial charge >= 0.3 is 0 Å². The summed E-state index contributed by atoms with van der Waals surface area (Å²) >= 11 is 0. The van der Waals surface area contributed by atoms with Crippen LogP contribution in [0, 0.1) is 0 Å². The monoisotopic (exact) mass is 244 g/mol. The third-order valence-corrected chi connectivity index (χ3v) is 2.78. The third-order valence-electron chi connectivity index (χ3n) is 2.78. The van der Waals surface area contributed by atoms with Crippen LogP contribution in [0.25, 0.3) is 0 Å². The van der Waals surface area contributed by atoms with Crippen molar-refractivity contribution < 1.29 is 9.21 Å². The second-order valence-corrected chi connectivity index (χ2v) is 4.19. The van der Waals surface area contributed by atoms with Crippen LogP contribution >= 0.6 is 0 Å². The number of hydrogen-bond donors (Lipinski definition) is 1. The van der Waals surface area contributed by atoms with Crippen LogP contribution in [0.15, 0.2) is 47.3 Å². The van der Waals surface area contributed by atoms with Crippen LogP contribution < -0.4 is 5.73 Å². The van der Waals surface area contributed by atoms with Gasteiger partial charge < -0.3 is 15.1 Å². The summed E-state index contributed by atoms with van der Waals surface area (Å²) in [4.78, 5) is 13.8. The standard InChI is InChI=1S/C14H16N2O2/c1-16(9-12-6-7-18-10-12)14(17)13-4-2-11(8-15)3-5-13/h2-7,10H,8-9,15H2,1H3. The highest BCUT2D eigenvalue weighted by Crippen LogP contribution is 2.10. The Hall–Kier alpha value is -2.07. The van der Waals surface area contributed by atoms with Crippen LogP contribution in [-0.4, -0.2) is 17.9 Å². The zero-order valence-corrected chi connectivity index (χ0v) is 10.3. The summed E-state index contributed by atoms with van der Waals surface area (Å²) in [5.41, 5.74) is 8.18. The fourth-order valence-corrected chi connectivity index (χ4v) is 1.73. The van der Waals surface area contributed by atoms with Gasteiger partial charge in [-0.25, -0.2) is 0 Å². The molecule has 1 aromatic carbocycles. The Morgan fingerprint density at radius 2 is 1.94 bits per heavy atom. The Morgan fingerprint density at radius 3 is 2.50 bits per heavy atom. The second-order valence-electron chi connectivity index (χ2n) is 4.19. The van der Waals surface area contributed by atoms with E-state index < -0.39 is 0 Å². The molecule has 0 aliphatic carbocycles. The first-order valence-electron chi connectivity index (χ1n) is 5.76. The predicted molar refractivity (Wildman–Crippen MR) is 68.8 cm³/mol. The summed E-state index contributed by atoms with van der Waals surface area (Å²) in [6.07, 6.45) is 3.24. The molecule has 0 radical (unpaired) electrons. The van der Waals surface area contributed by atoms with Gasteiger partial charge in [0.05, 0.1) is 12.5 Å². The molecule has 0 unspecified atom stereocenters. The van der Waals surface area contributed by atoms with Crippen LogP contribution in [-0.2, 0) is 13.1 Å². The Kier molecular flexibility index (Phi) is 3.79. The van der Waals surface area contributed by atoms with E-state index in [1.54, 1.807) is 36.6 Å². The normalized spacial score (nSPS) is 10.3. The minimum Gasteiger partial charge on any atom is -0.472 e. The molecule has 0 fully saturated rings. The molecule has 0 bridgehead atoms. The van der Waals surface area contributed by atoms with Crippen LogP contribution in [0.4, 0.5) is 0 Å². The molecule has 0 spiro atoms. The first kappa shape index (κ1) is 12.4. The molecule has 0 aliphatic heterocycles. The highest BCUT2D eigenvalue weighted by Gasteiger charge is 2.12. The number of furan rings is 1. The summed E-state index contributed by atoms with van der Waals surface area (Å²) in [7, 11) is 1.77. The Labute approximate surface area is 106 Å². The molecule has 0 saturated carbocycles. The molecule has 1 aromatic heterocycles. The third kappa shape index (κ3) is 2.78. The molecule has 4 heteroatoms. The summed E-state index contributed by atoms with van der Waals surface area (Å²) < 4.78 is 4.98. The molecule has 0 atom stereocenters. The van der Waals surface area contributed by atoms with E-state index in [0.29, 0.717) is 18.7 Å². The molecule has 0 saturated heterocycles. The zero-order valence-electron chi connectivity index (χ0n) is 10.3. The summed E-state index contributed by atoms with van der Waals surface area (Å²) in [6, 6.07) is 9.20. The van der Waals surface area contributed by atoms with Gasteiger partial charge in [-0.1, -0.05) is 12.1 Å². The Balaban J connectivity index is 2.05. The van der Waals surface area contributed by atoms with E-state index in [9.17, 15) is 4.79 Å². The maximum absolute atomic E-state index is 12.1. The second kappa shape index (κ2) is 5.51. The van der Waals surface area contributed by atoms with Crippen molar-refractivity contribution in [2.24, 2.45) is 5.73 Å². The maximum atomic E-state index is 12.1. The van der Waals surface area contributed by atoms with Gasteiger partial charge in [-0.15, -0.1) is 0 Å². The quantitative estimate of drug-likeness (QED) is 0.895. The van der Waals surface area contributed by atoms with Crippen LogP contribution in [0.5, 0.6) is 0 Å². The average molecular weight is 244 g/mol. The van der Waals surface area contributed by atoms with Crippen molar-refractivity contribution in [3.8, 4) is 0 Å². The van der Waals surface area contributed by atoms with E-state index in [0.717, 1.165) is 11.1 Å². The van der Waals surface area contributed by atoms with Gasteiger partial charge in [-0.3, -0.25) is 4.79 Å². The van der Waals surface area contributed by atoms with Gasteiger partial charge in [0.1, 0.15) is 0 Å². The Morgan fingerprint density at radius 1 is 1.22 bits per heavy atom. The van der Waals surface area contributed by atoms with Gasteiger partial charge in [0.2, 0.25) is 0 Å².